The Morgan fingerprint density at radius 2 is 1.89 bits per heavy atom. The second kappa shape index (κ2) is 7.85. The Labute approximate surface area is 170 Å². The fourth-order valence-corrected chi connectivity index (χ4v) is 6.43. The van der Waals surface area contributed by atoms with Gasteiger partial charge >= 0.3 is 0 Å². The van der Waals surface area contributed by atoms with Crippen molar-refractivity contribution >= 4 is 33.0 Å². The first-order chi connectivity index (χ1) is 13.4. The molecule has 28 heavy (non-hydrogen) atoms. The number of hydrogen-bond acceptors (Lipinski definition) is 5. The summed E-state index contributed by atoms with van der Waals surface area (Å²) in [4.78, 5) is 17.8. The minimum Gasteiger partial charge on any atom is -0.335 e. The minimum absolute atomic E-state index is 0.0640. The Kier molecular flexibility index (Phi) is 5.44. The molecule has 6 nitrogen and oxygen atoms in total. The van der Waals surface area contributed by atoms with Gasteiger partial charge in [0.1, 0.15) is 9.77 Å². The van der Waals surface area contributed by atoms with Gasteiger partial charge in [0.15, 0.2) is 0 Å². The van der Waals surface area contributed by atoms with Crippen molar-refractivity contribution in [3.8, 4) is 0 Å². The second-order valence-corrected chi connectivity index (χ2v) is 10.1. The number of hydrogen-bond donors (Lipinski definition) is 1. The zero-order valence-corrected chi connectivity index (χ0v) is 17.6. The van der Waals surface area contributed by atoms with Crippen molar-refractivity contribution in [2.45, 2.75) is 37.1 Å². The van der Waals surface area contributed by atoms with Crippen LogP contribution in [0.2, 0.25) is 0 Å². The molecule has 3 heterocycles. The van der Waals surface area contributed by atoms with Gasteiger partial charge < -0.3 is 4.90 Å². The van der Waals surface area contributed by atoms with Gasteiger partial charge in [-0.05, 0) is 49.9 Å². The summed E-state index contributed by atoms with van der Waals surface area (Å²) in [6.45, 7) is 5.25. The van der Waals surface area contributed by atoms with E-state index in [4.69, 9.17) is 0 Å². The van der Waals surface area contributed by atoms with Gasteiger partial charge in [-0.2, -0.15) is 0 Å². The zero-order valence-electron chi connectivity index (χ0n) is 15.9. The van der Waals surface area contributed by atoms with Gasteiger partial charge in [0.05, 0.1) is 0 Å². The summed E-state index contributed by atoms with van der Waals surface area (Å²) in [5.74, 6) is -0.176. The molecule has 2 saturated heterocycles. The van der Waals surface area contributed by atoms with Crippen LogP contribution in [0.15, 0.2) is 40.6 Å². The third kappa shape index (κ3) is 3.94. The molecule has 0 aliphatic carbocycles. The van der Waals surface area contributed by atoms with E-state index >= 15 is 0 Å². The third-order valence-corrected chi connectivity index (χ3v) is 8.00. The maximum atomic E-state index is 13.1. The fourth-order valence-electron chi connectivity index (χ4n) is 3.98. The number of rotatable bonds is 4. The van der Waals surface area contributed by atoms with E-state index in [0.717, 1.165) is 25.1 Å². The van der Waals surface area contributed by atoms with Crippen LogP contribution in [0.3, 0.4) is 0 Å². The van der Waals surface area contributed by atoms with Gasteiger partial charge in [0.25, 0.3) is 15.9 Å². The molecule has 1 N–H and O–H groups in total. The first-order valence-corrected chi connectivity index (χ1v) is 12.0. The largest absolute Gasteiger partial charge is 0.335 e. The number of thiophene rings is 1. The van der Waals surface area contributed by atoms with Crippen molar-refractivity contribution < 1.29 is 13.2 Å². The van der Waals surface area contributed by atoms with Gasteiger partial charge in [-0.25, -0.2) is 8.42 Å². The Balaban J connectivity index is 1.53. The number of amides is 1. The maximum absolute atomic E-state index is 13.1. The summed E-state index contributed by atoms with van der Waals surface area (Å²) >= 11 is 1.20. The van der Waals surface area contributed by atoms with Crippen molar-refractivity contribution in [3.63, 3.8) is 0 Å². The molecular formula is C20H25N3O3S2. The summed E-state index contributed by atoms with van der Waals surface area (Å²) in [6.07, 6.45) is 3.53. The number of anilines is 1. The van der Waals surface area contributed by atoms with E-state index in [2.05, 4.69) is 9.62 Å². The number of fused-ring (bicyclic) bond motifs is 1. The molecule has 8 heteroatoms. The standard InChI is InChI=1S/C20H25N3O3S2/c1-15-5-7-16(8-6-15)21-28(25,26)18-9-13-27-19(18)20(24)23-12-11-22-10-3-2-4-17(22)14-23/h5-9,13,17,21H,2-4,10-12,14H2,1H3. The molecule has 1 aromatic heterocycles. The van der Waals surface area contributed by atoms with Crippen molar-refractivity contribution in [1.82, 2.24) is 9.80 Å². The molecule has 0 saturated carbocycles. The van der Waals surface area contributed by atoms with Gasteiger partial charge in [-0.15, -0.1) is 11.3 Å². The first-order valence-electron chi connectivity index (χ1n) is 9.64. The first kappa shape index (κ1) is 19.4. The lowest BCUT2D eigenvalue weighted by molar-refractivity contribution is 0.0373. The molecule has 150 valence electrons. The molecule has 2 fully saturated rings. The molecule has 2 aliphatic rings. The highest BCUT2D eigenvalue weighted by atomic mass is 32.2. The highest BCUT2D eigenvalue weighted by Gasteiger charge is 2.34. The van der Waals surface area contributed by atoms with Crippen LogP contribution in [0.4, 0.5) is 5.69 Å². The van der Waals surface area contributed by atoms with E-state index < -0.39 is 10.0 Å². The molecule has 0 spiro atoms. The number of carbonyl (C=O) groups excluding carboxylic acids is 1. The number of piperazine rings is 1. The number of nitrogens with zero attached hydrogens (tertiary/aromatic N) is 2. The van der Waals surface area contributed by atoms with E-state index in [-0.39, 0.29) is 10.8 Å². The molecule has 0 bridgehead atoms. The SMILES string of the molecule is Cc1ccc(NS(=O)(=O)c2ccsc2C(=O)N2CCN3CCCCC3C2)cc1. The molecule has 2 aromatic rings. The van der Waals surface area contributed by atoms with Gasteiger partial charge in [0.2, 0.25) is 0 Å². The Hall–Kier alpha value is -1.90. The molecule has 1 unspecified atom stereocenters. The number of aryl methyl sites for hydroxylation is 1. The summed E-state index contributed by atoms with van der Waals surface area (Å²) in [6, 6.07) is 9.07. The van der Waals surface area contributed by atoms with Crippen LogP contribution in [0.25, 0.3) is 0 Å². The summed E-state index contributed by atoms with van der Waals surface area (Å²) in [5, 5.41) is 1.67. The van der Waals surface area contributed by atoms with Crippen molar-refractivity contribution in [3.05, 3.63) is 46.2 Å². The van der Waals surface area contributed by atoms with Gasteiger partial charge in [0, 0.05) is 31.4 Å². The van der Waals surface area contributed by atoms with Crippen LogP contribution >= 0.6 is 11.3 Å². The normalized spacial score (nSPS) is 20.6. The topological polar surface area (TPSA) is 69.7 Å². The average molecular weight is 420 g/mol. The molecule has 1 atom stereocenters. The highest BCUT2D eigenvalue weighted by molar-refractivity contribution is 7.93. The lowest BCUT2D eigenvalue weighted by atomic mass is 9.99. The Morgan fingerprint density at radius 1 is 1.11 bits per heavy atom. The predicted octanol–water partition coefficient (Wildman–Crippen LogP) is 3.17. The molecule has 2 aliphatic heterocycles. The van der Waals surface area contributed by atoms with Crippen LogP contribution in [0.5, 0.6) is 0 Å². The fraction of sp³-hybridized carbons (Fsp3) is 0.450. The number of carbonyl (C=O) groups is 1. The van der Waals surface area contributed by atoms with E-state index in [1.807, 2.05) is 24.0 Å². The molecular weight excluding hydrogens is 394 g/mol. The van der Waals surface area contributed by atoms with Crippen LogP contribution in [-0.2, 0) is 10.0 Å². The molecule has 0 radical (unpaired) electrons. The predicted molar refractivity (Wildman–Crippen MR) is 111 cm³/mol. The van der Waals surface area contributed by atoms with E-state index in [1.54, 1.807) is 17.5 Å². The summed E-state index contributed by atoms with van der Waals surface area (Å²) < 4.78 is 28.4. The Bertz CT molecular complexity index is 953. The molecule has 1 amide bonds. The number of sulfonamides is 1. The Morgan fingerprint density at radius 3 is 2.68 bits per heavy atom. The number of nitrogens with one attached hydrogen (secondary N) is 1. The van der Waals surface area contributed by atoms with E-state index in [0.29, 0.717) is 29.7 Å². The van der Waals surface area contributed by atoms with Crippen LogP contribution in [0, 0.1) is 6.92 Å². The third-order valence-electron chi connectivity index (χ3n) is 5.54. The zero-order chi connectivity index (χ0) is 19.7. The van der Waals surface area contributed by atoms with Crippen molar-refractivity contribution in [2.75, 3.05) is 30.9 Å². The van der Waals surface area contributed by atoms with E-state index in [9.17, 15) is 13.2 Å². The second-order valence-electron chi connectivity index (χ2n) is 7.52. The number of piperidine rings is 1. The lowest BCUT2D eigenvalue weighted by Gasteiger charge is -2.43. The smallest absolute Gasteiger partial charge is 0.265 e. The highest BCUT2D eigenvalue weighted by Crippen LogP contribution is 2.28. The van der Waals surface area contributed by atoms with Crippen LogP contribution in [0.1, 0.15) is 34.5 Å². The monoisotopic (exact) mass is 419 g/mol. The average Bonchev–Trinajstić information content (AvgIpc) is 3.19. The van der Waals surface area contributed by atoms with Gasteiger partial charge in [-0.1, -0.05) is 24.1 Å². The summed E-state index contributed by atoms with van der Waals surface area (Å²) in [7, 11) is -3.82. The maximum Gasteiger partial charge on any atom is 0.265 e. The van der Waals surface area contributed by atoms with Crippen molar-refractivity contribution in [1.29, 1.82) is 0 Å². The van der Waals surface area contributed by atoms with E-state index in [1.165, 1.54) is 30.2 Å². The minimum atomic E-state index is -3.82. The van der Waals surface area contributed by atoms with Crippen LogP contribution in [-0.4, -0.2) is 56.3 Å². The summed E-state index contributed by atoms with van der Waals surface area (Å²) in [5.41, 5.74) is 1.54. The molecule has 1 aromatic carbocycles. The quantitative estimate of drug-likeness (QED) is 0.826. The lowest BCUT2D eigenvalue weighted by Crippen LogP contribution is -2.56. The van der Waals surface area contributed by atoms with Crippen LogP contribution < -0.4 is 4.72 Å². The van der Waals surface area contributed by atoms with Crippen molar-refractivity contribution in [2.24, 2.45) is 0 Å². The number of benzene rings is 1. The van der Waals surface area contributed by atoms with Gasteiger partial charge in [-0.3, -0.25) is 14.4 Å². The molecule has 4 rings (SSSR count).